The fourth-order valence-corrected chi connectivity index (χ4v) is 1.47. The van der Waals surface area contributed by atoms with Crippen molar-refractivity contribution < 1.29 is 9.47 Å². The summed E-state index contributed by atoms with van der Waals surface area (Å²) in [6.07, 6.45) is 0.221. The number of ether oxygens (including phenoxy) is 2. The zero-order valence-corrected chi connectivity index (χ0v) is 5.82. The zero-order chi connectivity index (χ0) is 6.97. The molecule has 2 rings (SSSR count). The van der Waals surface area contributed by atoms with Crippen molar-refractivity contribution in [3.05, 3.63) is 0 Å². The van der Waals surface area contributed by atoms with Crippen molar-refractivity contribution in [2.75, 3.05) is 26.4 Å². The van der Waals surface area contributed by atoms with Crippen molar-refractivity contribution in [2.45, 2.75) is 12.1 Å². The van der Waals surface area contributed by atoms with Crippen LogP contribution in [0.2, 0.25) is 0 Å². The first-order chi connectivity index (χ1) is 4.88. The quantitative estimate of drug-likeness (QED) is 0.441. The summed E-state index contributed by atoms with van der Waals surface area (Å²) in [5, 5.41) is 1.82. The van der Waals surface area contributed by atoms with Crippen LogP contribution >= 0.6 is 0 Å². The molecule has 0 aromatic rings. The number of rotatable bonds is 0. The van der Waals surface area contributed by atoms with Gasteiger partial charge in [0.1, 0.15) is 0 Å². The standard InChI is InChI=1S/C6H12N2O2/c7-8-1-2-10-6-4-9-3-5(6)8/h5-6H,1-4,7H2. The predicted molar refractivity (Wildman–Crippen MR) is 35.2 cm³/mol. The Morgan fingerprint density at radius 3 is 3.10 bits per heavy atom. The molecule has 2 saturated heterocycles. The summed E-state index contributed by atoms with van der Waals surface area (Å²) < 4.78 is 10.6. The van der Waals surface area contributed by atoms with E-state index in [1.165, 1.54) is 0 Å². The third kappa shape index (κ3) is 0.932. The summed E-state index contributed by atoms with van der Waals surface area (Å²) in [6.45, 7) is 2.99. The van der Waals surface area contributed by atoms with Gasteiger partial charge in [-0.3, -0.25) is 5.84 Å². The Balaban J connectivity index is 2.03. The second-order valence-electron chi connectivity index (χ2n) is 2.75. The minimum absolute atomic E-state index is 0.221. The molecule has 0 aromatic carbocycles. The number of hydrazine groups is 1. The number of morpholine rings is 1. The van der Waals surface area contributed by atoms with Crippen LogP contribution in [-0.2, 0) is 9.47 Å². The van der Waals surface area contributed by atoms with Gasteiger partial charge in [-0.2, -0.15) is 0 Å². The molecule has 4 heteroatoms. The molecule has 2 N–H and O–H groups in total. The first kappa shape index (κ1) is 6.54. The smallest absolute Gasteiger partial charge is 0.1000 e. The lowest BCUT2D eigenvalue weighted by Crippen LogP contribution is -2.53. The summed E-state index contributed by atoms with van der Waals surface area (Å²) in [6, 6.07) is 0.300. The van der Waals surface area contributed by atoms with Gasteiger partial charge in [-0.15, -0.1) is 0 Å². The highest BCUT2D eigenvalue weighted by atomic mass is 16.6. The van der Waals surface area contributed by atoms with E-state index in [9.17, 15) is 0 Å². The molecule has 0 bridgehead atoms. The molecule has 10 heavy (non-hydrogen) atoms. The summed E-state index contributed by atoms with van der Waals surface area (Å²) in [5.41, 5.74) is 0. The van der Waals surface area contributed by atoms with Gasteiger partial charge in [0.15, 0.2) is 0 Å². The highest BCUT2D eigenvalue weighted by molar-refractivity contribution is 4.85. The van der Waals surface area contributed by atoms with E-state index in [-0.39, 0.29) is 6.10 Å². The van der Waals surface area contributed by atoms with Crippen LogP contribution in [0.3, 0.4) is 0 Å². The monoisotopic (exact) mass is 144 g/mol. The predicted octanol–water partition coefficient (Wildman–Crippen LogP) is -1.04. The maximum absolute atomic E-state index is 5.69. The molecule has 58 valence electrons. The van der Waals surface area contributed by atoms with Crippen LogP contribution in [0.4, 0.5) is 0 Å². The molecule has 0 radical (unpaired) electrons. The Labute approximate surface area is 59.8 Å². The molecule has 2 fully saturated rings. The Kier molecular flexibility index (Phi) is 1.61. The van der Waals surface area contributed by atoms with Crippen LogP contribution in [0.1, 0.15) is 0 Å². The second-order valence-corrected chi connectivity index (χ2v) is 2.75. The molecule has 0 saturated carbocycles. The molecule has 2 aliphatic rings. The van der Waals surface area contributed by atoms with Gasteiger partial charge < -0.3 is 9.47 Å². The Hall–Kier alpha value is -0.160. The number of hydrogen-bond donors (Lipinski definition) is 1. The lowest BCUT2D eigenvalue weighted by Gasteiger charge is -2.32. The van der Waals surface area contributed by atoms with Gasteiger partial charge in [-0.05, 0) is 0 Å². The average Bonchev–Trinajstić information content (AvgIpc) is 2.36. The maximum atomic E-state index is 5.69. The Morgan fingerprint density at radius 1 is 1.40 bits per heavy atom. The second kappa shape index (κ2) is 2.47. The Bertz CT molecular complexity index is 131. The van der Waals surface area contributed by atoms with Crippen molar-refractivity contribution in [1.82, 2.24) is 5.01 Å². The van der Waals surface area contributed by atoms with E-state index >= 15 is 0 Å². The van der Waals surface area contributed by atoms with E-state index in [1.807, 2.05) is 5.01 Å². The van der Waals surface area contributed by atoms with Gasteiger partial charge in [0, 0.05) is 6.54 Å². The van der Waals surface area contributed by atoms with Crippen LogP contribution < -0.4 is 5.84 Å². The number of fused-ring (bicyclic) bond motifs is 1. The maximum Gasteiger partial charge on any atom is 0.1000 e. The van der Waals surface area contributed by atoms with Gasteiger partial charge >= 0.3 is 0 Å². The fraction of sp³-hybridized carbons (Fsp3) is 1.00. The SMILES string of the molecule is NN1CCOC2COCC21. The van der Waals surface area contributed by atoms with E-state index in [2.05, 4.69) is 0 Å². The number of nitrogens with two attached hydrogens (primary N) is 1. The van der Waals surface area contributed by atoms with Crippen LogP contribution in [0.25, 0.3) is 0 Å². The molecule has 2 heterocycles. The van der Waals surface area contributed by atoms with Gasteiger partial charge in [0.2, 0.25) is 0 Å². The van der Waals surface area contributed by atoms with E-state index < -0.39 is 0 Å². The van der Waals surface area contributed by atoms with Crippen molar-refractivity contribution in [3.8, 4) is 0 Å². The van der Waals surface area contributed by atoms with Gasteiger partial charge in [0.25, 0.3) is 0 Å². The molecule has 0 amide bonds. The fourth-order valence-electron chi connectivity index (χ4n) is 1.47. The van der Waals surface area contributed by atoms with E-state index in [4.69, 9.17) is 15.3 Å². The average molecular weight is 144 g/mol. The third-order valence-corrected chi connectivity index (χ3v) is 2.11. The largest absolute Gasteiger partial charge is 0.377 e. The van der Waals surface area contributed by atoms with E-state index in [0.717, 1.165) is 19.8 Å². The molecule has 2 atom stereocenters. The first-order valence-electron chi connectivity index (χ1n) is 3.58. The molecule has 2 aliphatic heterocycles. The molecule has 2 unspecified atom stereocenters. The van der Waals surface area contributed by atoms with Gasteiger partial charge in [-0.25, -0.2) is 5.01 Å². The summed E-state index contributed by atoms with van der Waals surface area (Å²) in [4.78, 5) is 0. The zero-order valence-electron chi connectivity index (χ0n) is 5.82. The lowest BCUT2D eigenvalue weighted by atomic mass is 10.2. The summed E-state index contributed by atoms with van der Waals surface area (Å²) >= 11 is 0. The molecule has 0 aromatic heterocycles. The normalized spacial score (nSPS) is 41.7. The van der Waals surface area contributed by atoms with Gasteiger partial charge in [0.05, 0.1) is 32.0 Å². The molecular weight excluding hydrogens is 132 g/mol. The minimum Gasteiger partial charge on any atom is -0.377 e. The van der Waals surface area contributed by atoms with Crippen LogP contribution in [0, 0.1) is 0 Å². The van der Waals surface area contributed by atoms with Crippen molar-refractivity contribution in [3.63, 3.8) is 0 Å². The van der Waals surface area contributed by atoms with Crippen molar-refractivity contribution in [1.29, 1.82) is 0 Å². The van der Waals surface area contributed by atoms with Crippen LogP contribution in [0.5, 0.6) is 0 Å². The summed E-state index contributed by atoms with van der Waals surface area (Å²) in [5.74, 6) is 5.69. The number of nitrogens with zero attached hydrogens (tertiary/aromatic N) is 1. The minimum atomic E-state index is 0.221. The first-order valence-corrected chi connectivity index (χ1v) is 3.58. The van der Waals surface area contributed by atoms with E-state index in [0.29, 0.717) is 12.6 Å². The third-order valence-electron chi connectivity index (χ3n) is 2.11. The summed E-state index contributed by atoms with van der Waals surface area (Å²) in [7, 11) is 0. The van der Waals surface area contributed by atoms with Crippen LogP contribution in [-0.4, -0.2) is 43.5 Å². The molecule has 0 aliphatic carbocycles. The van der Waals surface area contributed by atoms with E-state index in [1.54, 1.807) is 0 Å². The van der Waals surface area contributed by atoms with Gasteiger partial charge in [-0.1, -0.05) is 0 Å². The highest BCUT2D eigenvalue weighted by Crippen LogP contribution is 2.17. The van der Waals surface area contributed by atoms with Crippen LogP contribution in [0.15, 0.2) is 0 Å². The van der Waals surface area contributed by atoms with Crippen molar-refractivity contribution in [2.24, 2.45) is 5.84 Å². The molecular formula is C6H12N2O2. The number of hydrogen-bond acceptors (Lipinski definition) is 4. The molecule has 4 nitrogen and oxygen atoms in total. The molecule has 0 spiro atoms. The highest BCUT2D eigenvalue weighted by Gasteiger charge is 2.35. The Morgan fingerprint density at radius 2 is 2.30 bits per heavy atom. The lowest BCUT2D eigenvalue weighted by molar-refractivity contribution is -0.0485. The van der Waals surface area contributed by atoms with Crippen molar-refractivity contribution >= 4 is 0 Å². The topological polar surface area (TPSA) is 47.7 Å².